The molecular formula is C17H17N3O2S3. The Labute approximate surface area is 158 Å². The van der Waals surface area contributed by atoms with E-state index in [1.807, 2.05) is 37.3 Å². The molecule has 0 aliphatic carbocycles. The van der Waals surface area contributed by atoms with E-state index in [9.17, 15) is 4.79 Å². The second-order valence-corrected chi connectivity index (χ2v) is 8.22. The average molecular weight is 392 g/mol. The van der Waals surface area contributed by atoms with E-state index in [2.05, 4.69) is 15.3 Å². The minimum absolute atomic E-state index is 0.112. The van der Waals surface area contributed by atoms with Crippen LogP contribution in [-0.4, -0.2) is 21.4 Å². The summed E-state index contributed by atoms with van der Waals surface area (Å²) in [6, 6.07) is 9.71. The lowest BCUT2D eigenvalue weighted by molar-refractivity contribution is 0.411. The number of methoxy groups -OCH3 is 1. The van der Waals surface area contributed by atoms with Crippen LogP contribution in [0.5, 0.6) is 5.75 Å². The highest BCUT2D eigenvalue weighted by atomic mass is 32.2. The summed E-state index contributed by atoms with van der Waals surface area (Å²) >= 11 is 8.39. The van der Waals surface area contributed by atoms with Crippen LogP contribution in [0, 0.1) is 6.92 Å². The molecule has 5 nitrogen and oxygen atoms in total. The van der Waals surface area contributed by atoms with Crippen molar-refractivity contribution < 1.29 is 4.74 Å². The lowest BCUT2D eigenvalue weighted by Gasteiger charge is -2.09. The number of nitrogens with one attached hydrogen (secondary N) is 2. The number of hydrogen-bond donors (Lipinski definition) is 2. The largest absolute Gasteiger partial charge is 0.496 e. The van der Waals surface area contributed by atoms with Crippen molar-refractivity contribution in [3.8, 4) is 5.75 Å². The smallest absolute Gasteiger partial charge is 0.259 e. The Bertz CT molecular complexity index is 965. The van der Waals surface area contributed by atoms with E-state index in [1.165, 1.54) is 23.1 Å². The molecule has 0 saturated heterocycles. The van der Waals surface area contributed by atoms with E-state index in [4.69, 9.17) is 17.0 Å². The van der Waals surface area contributed by atoms with Gasteiger partial charge in [0.2, 0.25) is 0 Å². The third-order valence-electron chi connectivity index (χ3n) is 3.53. The molecule has 25 heavy (non-hydrogen) atoms. The zero-order valence-electron chi connectivity index (χ0n) is 13.8. The highest BCUT2D eigenvalue weighted by molar-refractivity contribution is 8.22. The van der Waals surface area contributed by atoms with Crippen LogP contribution in [0.4, 0.5) is 0 Å². The first-order chi connectivity index (χ1) is 12.1. The number of aromatic amines is 1. The topological polar surface area (TPSA) is 67.0 Å². The summed E-state index contributed by atoms with van der Waals surface area (Å²) in [5, 5.41) is 3.77. The van der Waals surface area contributed by atoms with Crippen molar-refractivity contribution in [2.24, 2.45) is 0 Å². The zero-order chi connectivity index (χ0) is 17.8. The maximum absolute atomic E-state index is 12.1. The minimum atomic E-state index is -0.112. The van der Waals surface area contributed by atoms with Gasteiger partial charge in [0.1, 0.15) is 20.7 Å². The maximum atomic E-state index is 12.1. The molecule has 0 unspecified atom stereocenters. The molecule has 3 rings (SSSR count). The Morgan fingerprint density at radius 1 is 1.44 bits per heavy atom. The summed E-state index contributed by atoms with van der Waals surface area (Å²) < 4.78 is 5.99. The Hall–Kier alpha value is -1.90. The Balaban J connectivity index is 1.60. The lowest BCUT2D eigenvalue weighted by atomic mass is 10.2. The summed E-state index contributed by atoms with van der Waals surface area (Å²) in [6.45, 7) is 2.35. The summed E-state index contributed by atoms with van der Waals surface area (Å²) in [4.78, 5) is 21.2. The van der Waals surface area contributed by atoms with Crippen molar-refractivity contribution in [3.63, 3.8) is 0 Å². The van der Waals surface area contributed by atoms with Gasteiger partial charge < -0.3 is 15.0 Å². The molecular weight excluding hydrogens is 374 g/mol. The zero-order valence-corrected chi connectivity index (χ0v) is 16.2. The standard InChI is InChI=1S/C17H17N3O2S3/c1-10-7-12-15(21)19-14(20-16(12)25-10)8-18-17(23)24-9-11-5-3-4-6-13(11)22-2/h3-7H,8-9H2,1-2H3,(H,18,23)(H,19,20,21). The van der Waals surface area contributed by atoms with Crippen LogP contribution in [0.2, 0.25) is 0 Å². The van der Waals surface area contributed by atoms with Gasteiger partial charge in [-0.2, -0.15) is 0 Å². The van der Waals surface area contributed by atoms with Gasteiger partial charge in [0.15, 0.2) is 0 Å². The summed E-state index contributed by atoms with van der Waals surface area (Å²) in [5.41, 5.74) is 0.972. The maximum Gasteiger partial charge on any atom is 0.259 e. The predicted molar refractivity (Wildman–Crippen MR) is 109 cm³/mol. The van der Waals surface area contributed by atoms with E-state index < -0.39 is 0 Å². The molecule has 0 bridgehead atoms. The molecule has 130 valence electrons. The first-order valence-corrected chi connectivity index (χ1v) is 9.79. The number of ether oxygens (including phenoxy) is 1. The van der Waals surface area contributed by atoms with Gasteiger partial charge in [-0.3, -0.25) is 4.79 Å². The van der Waals surface area contributed by atoms with Crippen molar-refractivity contribution in [2.45, 2.75) is 19.2 Å². The summed E-state index contributed by atoms with van der Waals surface area (Å²) in [5.74, 6) is 2.14. The first kappa shape index (κ1) is 17.9. The normalized spacial score (nSPS) is 10.8. The number of para-hydroxylation sites is 1. The van der Waals surface area contributed by atoms with Crippen molar-refractivity contribution in [3.05, 3.63) is 57.0 Å². The molecule has 0 amide bonds. The second-order valence-electron chi connectivity index (χ2n) is 5.33. The second kappa shape index (κ2) is 7.99. The van der Waals surface area contributed by atoms with E-state index in [0.717, 1.165) is 21.0 Å². The van der Waals surface area contributed by atoms with Crippen molar-refractivity contribution in [2.75, 3.05) is 7.11 Å². The number of aryl methyl sites for hydroxylation is 1. The fraction of sp³-hybridized carbons (Fsp3) is 0.235. The number of benzene rings is 1. The number of rotatable bonds is 5. The number of hydrogen-bond acceptors (Lipinski definition) is 6. The minimum Gasteiger partial charge on any atom is -0.496 e. The first-order valence-electron chi connectivity index (χ1n) is 7.58. The SMILES string of the molecule is COc1ccccc1CSC(=S)NCc1nc2sc(C)cc2c(=O)[nH]1. The number of aromatic nitrogens is 2. The van der Waals surface area contributed by atoms with Gasteiger partial charge >= 0.3 is 0 Å². The van der Waals surface area contributed by atoms with Crippen molar-refractivity contribution in [1.29, 1.82) is 0 Å². The van der Waals surface area contributed by atoms with Gasteiger partial charge in [0.25, 0.3) is 5.56 Å². The molecule has 0 aliphatic heterocycles. The van der Waals surface area contributed by atoms with Gasteiger partial charge in [0.05, 0.1) is 19.0 Å². The van der Waals surface area contributed by atoms with Crippen LogP contribution in [0.15, 0.2) is 35.1 Å². The molecule has 2 N–H and O–H groups in total. The Morgan fingerprint density at radius 2 is 2.24 bits per heavy atom. The lowest BCUT2D eigenvalue weighted by Crippen LogP contribution is -2.22. The molecule has 1 aromatic carbocycles. The number of H-pyrrole nitrogens is 1. The predicted octanol–water partition coefficient (Wildman–Crippen LogP) is 3.61. The number of thiophene rings is 1. The molecule has 0 aliphatic rings. The van der Waals surface area contributed by atoms with Crippen LogP contribution in [-0.2, 0) is 12.3 Å². The van der Waals surface area contributed by atoms with Gasteiger partial charge in [0, 0.05) is 16.2 Å². The molecule has 0 saturated carbocycles. The fourth-order valence-electron chi connectivity index (χ4n) is 2.35. The molecule has 2 aromatic heterocycles. The Kier molecular flexibility index (Phi) is 5.72. The number of nitrogens with zero attached hydrogens (tertiary/aromatic N) is 1. The number of fused-ring (bicyclic) bond motifs is 1. The molecule has 0 radical (unpaired) electrons. The van der Waals surface area contributed by atoms with Gasteiger partial charge in [-0.25, -0.2) is 4.98 Å². The summed E-state index contributed by atoms with van der Waals surface area (Å²) in [6.07, 6.45) is 0. The van der Waals surface area contributed by atoms with Crippen molar-refractivity contribution in [1.82, 2.24) is 15.3 Å². The molecule has 0 spiro atoms. The Morgan fingerprint density at radius 3 is 3.04 bits per heavy atom. The summed E-state index contributed by atoms with van der Waals surface area (Å²) in [7, 11) is 1.66. The van der Waals surface area contributed by atoms with Crippen LogP contribution < -0.4 is 15.6 Å². The fourth-order valence-corrected chi connectivity index (χ4v) is 4.20. The van der Waals surface area contributed by atoms with Gasteiger partial charge in [-0.05, 0) is 19.1 Å². The number of thiocarbonyl (C=S) groups is 1. The number of thioether (sulfide) groups is 1. The quantitative estimate of drug-likeness (QED) is 0.648. The third kappa shape index (κ3) is 4.39. The van der Waals surface area contributed by atoms with Gasteiger partial charge in [-0.15, -0.1) is 11.3 Å². The van der Waals surface area contributed by atoms with Crippen LogP contribution in [0.1, 0.15) is 16.3 Å². The van der Waals surface area contributed by atoms with Crippen LogP contribution >= 0.6 is 35.3 Å². The van der Waals surface area contributed by atoms with E-state index >= 15 is 0 Å². The molecule has 0 fully saturated rings. The molecule has 2 heterocycles. The highest BCUT2D eigenvalue weighted by Gasteiger charge is 2.08. The monoisotopic (exact) mass is 391 g/mol. The van der Waals surface area contributed by atoms with Crippen molar-refractivity contribution >= 4 is 49.9 Å². The van der Waals surface area contributed by atoms with Crippen LogP contribution in [0.3, 0.4) is 0 Å². The van der Waals surface area contributed by atoms with Crippen LogP contribution in [0.25, 0.3) is 10.2 Å². The highest BCUT2D eigenvalue weighted by Crippen LogP contribution is 2.23. The van der Waals surface area contributed by atoms with Gasteiger partial charge in [-0.1, -0.05) is 42.2 Å². The average Bonchev–Trinajstić information content (AvgIpc) is 2.99. The molecule has 0 atom stereocenters. The van der Waals surface area contributed by atoms with E-state index in [1.54, 1.807) is 7.11 Å². The molecule has 3 aromatic rings. The van der Waals surface area contributed by atoms with E-state index in [0.29, 0.717) is 27.8 Å². The van der Waals surface area contributed by atoms with E-state index in [-0.39, 0.29) is 5.56 Å². The molecule has 8 heteroatoms. The third-order valence-corrected chi connectivity index (χ3v) is 5.83.